The van der Waals surface area contributed by atoms with Gasteiger partial charge in [0.2, 0.25) is 0 Å². The lowest BCUT2D eigenvalue weighted by Gasteiger charge is -2.24. The van der Waals surface area contributed by atoms with E-state index in [0.717, 1.165) is 0 Å². The van der Waals surface area contributed by atoms with Crippen LogP contribution >= 0.6 is 0 Å². The fourth-order valence-corrected chi connectivity index (χ4v) is 1.89. The van der Waals surface area contributed by atoms with Crippen molar-refractivity contribution in [2.45, 2.75) is 71.6 Å². The summed E-state index contributed by atoms with van der Waals surface area (Å²) in [5, 5.41) is 2.70. The summed E-state index contributed by atoms with van der Waals surface area (Å²) >= 11 is 0. The number of carbonyl (C=O) groups excluding carboxylic acids is 2. The van der Waals surface area contributed by atoms with Gasteiger partial charge in [-0.25, -0.2) is 14.8 Å². The molecule has 0 aromatic carbocycles. The summed E-state index contributed by atoms with van der Waals surface area (Å²) in [6.07, 6.45) is 2.95. The van der Waals surface area contributed by atoms with Crippen molar-refractivity contribution in [3.63, 3.8) is 0 Å². The molecule has 7 heteroatoms. The Balaban J connectivity index is 2.75. The third-order valence-electron chi connectivity index (χ3n) is 2.60. The second kappa shape index (κ2) is 8.08. The molecule has 0 bridgehead atoms. The molecule has 0 unspecified atom stereocenters. The molecule has 1 heterocycles. The monoisotopic (exact) mass is 337 g/mol. The Morgan fingerprint density at radius 1 is 1.04 bits per heavy atom. The molecule has 134 valence electrons. The molecule has 0 radical (unpaired) electrons. The molecular weight excluding hydrogens is 310 g/mol. The zero-order valence-corrected chi connectivity index (χ0v) is 15.3. The molecule has 7 nitrogen and oxygen atoms in total. The van der Waals surface area contributed by atoms with E-state index in [0.29, 0.717) is 12.2 Å². The number of hydrogen-bond acceptors (Lipinski definition) is 6. The first kappa shape index (κ1) is 19.9. The number of rotatable bonds is 5. The minimum Gasteiger partial charge on any atom is -0.460 e. The van der Waals surface area contributed by atoms with E-state index in [1.54, 1.807) is 60.0 Å². The van der Waals surface area contributed by atoms with E-state index >= 15 is 0 Å². The van der Waals surface area contributed by atoms with Crippen LogP contribution < -0.4 is 5.32 Å². The molecule has 0 saturated heterocycles. The molecule has 0 aliphatic carbocycles. The number of esters is 1. The van der Waals surface area contributed by atoms with Crippen molar-refractivity contribution >= 4 is 12.1 Å². The number of ether oxygens (including phenoxy) is 2. The molecule has 1 amide bonds. The standard InChI is InChI=1S/C17H27N3O4/c1-16(2,3)23-14(21)11-12(10-13-18-8-7-9-19-13)20-15(22)24-17(4,5)6/h7-9,12H,10-11H2,1-6H3,(H,20,22)/t12-/m1/s1. The Labute approximate surface area is 143 Å². The van der Waals surface area contributed by atoms with E-state index in [2.05, 4.69) is 15.3 Å². The van der Waals surface area contributed by atoms with Crippen LogP contribution in [-0.2, 0) is 20.7 Å². The van der Waals surface area contributed by atoms with Gasteiger partial charge in [-0.15, -0.1) is 0 Å². The Morgan fingerprint density at radius 2 is 1.58 bits per heavy atom. The fraction of sp³-hybridized carbons (Fsp3) is 0.647. The largest absolute Gasteiger partial charge is 0.460 e. The molecule has 0 saturated carbocycles. The molecule has 0 aliphatic heterocycles. The summed E-state index contributed by atoms with van der Waals surface area (Å²) in [6, 6.07) is 1.19. The zero-order chi connectivity index (χ0) is 18.4. The molecule has 24 heavy (non-hydrogen) atoms. The van der Waals surface area contributed by atoms with Gasteiger partial charge in [0, 0.05) is 24.9 Å². The second-order valence-corrected chi connectivity index (χ2v) is 7.50. The first-order valence-corrected chi connectivity index (χ1v) is 7.92. The van der Waals surface area contributed by atoms with Gasteiger partial charge < -0.3 is 14.8 Å². The van der Waals surface area contributed by atoms with Crippen molar-refractivity contribution in [1.29, 1.82) is 0 Å². The van der Waals surface area contributed by atoms with Gasteiger partial charge in [0.15, 0.2) is 0 Å². The predicted octanol–water partition coefficient (Wildman–Crippen LogP) is 2.64. The highest BCUT2D eigenvalue weighted by atomic mass is 16.6. The molecule has 0 aliphatic rings. The predicted molar refractivity (Wildman–Crippen MR) is 89.4 cm³/mol. The van der Waals surface area contributed by atoms with E-state index in [4.69, 9.17) is 9.47 Å². The highest BCUT2D eigenvalue weighted by molar-refractivity contribution is 5.73. The number of alkyl carbamates (subject to hydrolysis) is 1. The van der Waals surface area contributed by atoms with Crippen LogP contribution in [0.5, 0.6) is 0 Å². The third-order valence-corrected chi connectivity index (χ3v) is 2.60. The number of carbonyl (C=O) groups is 2. The lowest BCUT2D eigenvalue weighted by atomic mass is 10.1. The van der Waals surface area contributed by atoms with E-state index < -0.39 is 29.3 Å². The number of hydrogen-bond donors (Lipinski definition) is 1. The van der Waals surface area contributed by atoms with E-state index in [1.807, 2.05) is 0 Å². The first-order chi connectivity index (χ1) is 10.9. The summed E-state index contributed by atoms with van der Waals surface area (Å²) in [6.45, 7) is 10.7. The summed E-state index contributed by atoms with van der Waals surface area (Å²) in [5.74, 6) is 0.126. The summed E-state index contributed by atoms with van der Waals surface area (Å²) in [7, 11) is 0. The molecular formula is C17H27N3O4. The van der Waals surface area contributed by atoms with Crippen LogP contribution in [0.4, 0.5) is 4.79 Å². The summed E-state index contributed by atoms with van der Waals surface area (Å²) < 4.78 is 10.6. The molecule has 1 aromatic rings. The van der Waals surface area contributed by atoms with Gasteiger partial charge in [-0.2, -0.15) is 0 Å². The van der Waals surface area contributed by atoms with Gasteiger partial charge in [0.1, 0.15) is 17.0 Å². The number of nitrogens with one attached hydrogen (secondary N) is 1. The van der Waals surface area contributed by atoms with Gasteiger partial charge in [0.25, 0.3) is 0 Å². The maximum absolute atomic E-state index is 12.1. The third kappa shape index (κ3) is 9.07. The van der Waals surface area contributed by atoms with Crippen molar-refractivity contribution in [2.75, 3.05) is 0 Å². The molecule has 1 rings (SSSR count). The summed E-state index contributed by atoms with van der Waals surface area (Å²) in [5.41, 5.74) is -1.21. The zero-order valence-electron chi connectivity index (χ0n) is 15.3. The molecule has 1 aromatic heterocycles. The molecule has 0 fully saturated rings. The Hall–Kier alpha value is -2.18. The highest BCUT2D eigenvalue weighted by Gasteiger charge is 2.25. The SMILES string of the molecule is CC(C)(C)OC(=O)C[C@@H](Cc1ncccn1)NC(=O)OC(C)(C)C. The van der Waals surface area contributed by atoms with Crippen LogP contribution in [0.2, 0.25) is 0 Å². The van der Waals surface area contributed by atoms with Crippen molar-refractivity contribution in [3.8, 4) is 0 Å². The number of aromatic nitrogens is 2. The average Bonchev–Trinajstić information content (AvgIpc) is 2.34. The van der Waals surface area contributed by atoms with Gasteiger partial charge >= 0.3 is 12.1 Å². The second-order valence-electron chi connectivity index (χ2n) is 7.50. The van der Waals surface area contributed by atoms with Gasteiger partial charge in [-0.05, 0) is 47.6 Å². The van der Waals surface area contributed by atoms with Crippen LogP contribution in [0.1, 0.15) is 53.8 Å². The Kier molecular flexibility index (Phi) is 6.69. The lowest BCUT2D eigenvalue weighted by molar-refractivity contribution is -0.155. The van der Waals surface area contributed by atoms with E-state index in [1.165, 1.54) is 0 Å². The van der Waals surface area contributed by atoms with Gasteiger partial charge in [0.05, 0.1) is 6.42 Å². The van der Waals surface area contributed by atoms with Crippen LogP contribution in [0.25, 0.3) is 0 Å². The minimum atomic E-state index is -0.621. The van der Waals surface area contributed by atoms with Crippen molar-refractivity contribution in [3.05, 3.63) is 24.3 Å². The smallest absolute Gasteiger partial charge is 0.407 e. The van der Waals surface area contributed by atoms with Crippen molar-refractivity contribution < 1.29 is 19.1 Å². The molecule has 1 atom stereocenters. The van der Waals surface area contributed by atoms with Crippen molar-refractivity contribution in [1.82, 2.24) is 15.3 Å². The molecule has 0 spiro atoms. The van der Waals surface area contributed by atoms with E-state index in [-0.39, 0.29) is 6.42 Å². The normalized spacial score (nSPS) is 13.1. The molecule has 1 N–H and O–H groups in total. The maximum atomic E-state index is 12.1. The van der Waals surface area contributed by atoms with Gasteiger partial charge in [-0.1, -0.05) is 0 Å². The van der Waals surface area contributed by atoms with Crippen molar-refractivity contribution in [2.24, 2.45) is 0 Å². The number of amides is 1. The fourth-order valence-electron chi connectivity index (χ4n) is 1.89. The Bertz CT molecular complexity index is 517. The Morgan fingerprint density at radius 3 is 2.08 bits per heavy atom. The topological polar surface area (TPSA) is 90.4 Å². The van der Waals surface area contributed by atoms with Crippen LogP contribution in [0, 0.1) is 0 Å². The lowest BCUT2D eigenvalue weighted by Crippen LogP contribution is -2.42. The van der Waals surface area contributed by atoms with Crippen LogP contribution in [0.3, 0.4) is 0 Å². The van der Waals surface area contributed by atoms with Crippen LogP contribution in [0.15, 0.2) is 18.5 Å². The average molecular weight is 337 g/mol. The van der Waals surface area contributed by atoms with Crippen LogP contribution in [-0.4, -0.2) is 39.3 Å². The maximum Gasteiger partial charge on any atom is 0.407 e. The quantitative estimate of drug-likeness (QED) is 0.831. The highest BCUT2D eigenvalue weighted by Crippen LogP contribution is 2.12. The summed E-state index contributed by atoms with van der Waals surface area (Å²) in [4.78, 5) is 32.3. The number of nitrogens with zero attached hydrogens (tertiary/aromatic N) is 2. The first-order valence-electron chi connectivity index (χ1n) is 7.92. The van der Waals surface area contributed by atoms with Gasteiger partial charge in [-0.3, -0.25) is 4.79 Å². The van der Waals surface area contributed by atoms with E-state index in [9.17, 15) is 9.59 Å². The minimum absolute atomic E-state index is 0.00870.